The van der Waals surface area contributed by atoms with Crippen LogP contribution in [-0.4, -0.2) is 63.2 Å². The van der Waals surface area contributed by atoms with Crippen molar-refractivity contribution >= 4 is 35.8 Å². The molecule has 0 aromatic rings. The number of ether oxygens (including phenoxy) is 1. The van der Waals surface area contributed by atoms with Crippen molar-refractivity contribution in [2.45, 2.75) is 51.6 Å². The van der Waals surface area contributed by atoms with Gasteiger partial charge in [0.15, 0.2) is 5.96 Å². The largest absolute Gasteiger partial charge is 0.378 e. The quantitative estimate of drug-likeness (QED) is 0.262. The van der Waals surface area contributed by atoms with E-state index in [4.69, 9.17) is 4.74 Å². The Labute approximate surface area is 157 Å². The topological polar surface area (TPSA) is 66.0 Å². The van der Waals surface area contributed by atoms with E-state index >= 15 is 0 Å². The van der Waals surface area contributed by atoms with Gasteiger partial charge in [-0.3, -0.25) is 4.79 Å². The van der Waals surface area contributed by atoms with E-state index in [1.807, 2.05) is 0 Å². The highest BCUT2D eigenvalue weighted by atomic mass is 127. The number of aliphatic imine (C=N–C) groups is 1. The van der Waals surface area contributed by atoms with Crippen molar-refractivity contribution in [3.63, 3.8) is 0 Å². The fraction of sp³-hybridized carbons (Fsp3) is 0.875. The van der Waals surface area contributed by atoms with Crippen molar-refractivity contribution < 1.29 is 9.53 Å². The van der Waals surface area contributed by atoms with Crippen molar-refractivity contribution in [2.24, 2.45) is 4.99 Å². The summed E-state index contributed by atoms with van der Waals surface area (Å²) in [6.45, 7) is 4.91. The summed E-state index contributed by atoms with van der Waals surface area (Å²) in [4.78, 5) is 17.5. The van der Waals surface area contributed by atoms with E-state index in [-0.39, 0.29) is 36.4 Å². The average Bonchev–Trinajstić information content (AvgIpc) is 2.53. The number of nitrogens with one attached hydrogen (secondary N) is 2. The van der Waals surface area contributed by atoms with Crippen molar-refractivity contribution in [3.8, 4) is 0 Å². The number of nitrogens with zero attached hydrogens (tertiary/aromatic N) is 2. The molecule has 0 aliphatic carbocycles. The van der Waals surface area contributed by atoms with Crippen molar-refractivity contribution in [1.82, 2.24) is 15.5 Å². The lowest BCUT2D eigenvalue weighted by atomic mass is 10.0. The molecule has 1 heterocycles. The minimum atomic E-state index is 0. The number of guanidine groups is 1. The molecular weight excluding hydrogens is 407 g/mol. The lowest BCUT2D eigenvalue weighted by Crippen LogP contribution is -2.39. The van der Waals surface area contributed by atoms with Crippen molar-refractivity contribution in [3.05, 3.63) is 0 Å². The maximum Gasteiger partial charge on any atom is 0.243 e. The number of hydrogen-bond donors (Lipinski definition) is 2. The number of carbonyl (C=O) groups excluding carboxylic acids is 1. The van der Waals surface area contributed by atoms with E-state index in [1.165, 1.54) is 19.3 Å². The number of amides is 1. The molecule has 1 unspecified atom stereocenters. The molecule has 0 bridgehead atoms. The molecule has 1 saturated heterocycles. The summed E-state index contributed by atoms with van der Waals surface area (Å²) < 4.78 is 5.73. The Morgan fingerprint density at radius 2 is 2.00 bits per heavy atom. The lowest BCUT2D eigenvalue weighted by molar-refractivity contribution is -0.127. The number of carbonyl (C=O) groups is 1. The number of likely N-dealkylation sites (N-methyl/N-ethyl adjacent to an activating group) is 1. The van der Waals surface area contributed by atoms with Crippen LogP contribution in [-0.2, 0) is 9.53 Å². The van der Waals surface area contributed by atoms with Crippen LogP contribution in [0.3, 0.4) is 0 Å². The molecule has 136 valence electrons. The lowest BCUT2D eigenvalue weighted by Gasteiger charge is -2.22. The molecule has 1 rings (SSSR count). The predicted octanol–water partition coefficient (Wildman–Crippen LogP) is 1.99. The van der Waals surface area contributed by atoms with Gasteiger partial charge in [-0.2, -0.15) is 0 Å². The van der Waals surface area contributed by atoms with E-state index in [0.29, 0.717) is 6.10 Å². The molecule has 1 aliphatic rings. The second kappa shape index (κ2) is 13.8. The third-order valence-corrected chi connectivity index (χ3v) is 3.68. The van der Waals surface area contributed by atoms with Gasteiger partial charge in [0.1, 0.15) is 6.54 Å². The molecule has 2 N–H and O–H groups in total. The Balaban J connectivity index is 0.00000484. The molecule has 23 heavy (non-hydrogen) atoms. The predicted molar refractivity (Wildman–Crippen MR) is 106 cm³/mol. The summed E-state index contributed by atoms with van der Waals surface area (Å²) in [6, 6.07) is 0. The fourth-order valence-electron chi connectivity index (χ4n) is 2.28. The summed E-state index contributed by atoms with van der Waals surface area (Å²) in [6.07, 6.45) is 7.27. The summed E-state index contributed by atoms with van der Waals surface area (Å²) >= 11 is 0. The Morgan fingerprint density at radius 3 is 2.61 bits per heavy atom. The van der Waals surface area contributed by atoms with Gasteiger partial charge < -0.3 is 20.3 Å². The molecule has 7 heteroatoms. The maximum atomic E-state index is 11.6. The van der Waals surface area contributed by atoms with E-state index in [9.17, 15) is 4.79 Å². The van der Waals surface area contributed by atoms with Crippen LogP contribution in [0.4, 0.5) is 0 Å². The standard InChI is InChI=1S/C16H32N4O2.HI/c1-4-10-17-16(19-13-15(21)20(2)3)18-11-7-9-14-8-5-6-12-22-14;/h14H,4-13H2,1-3H3,(H2,17,18,19);1H. The molecule has 1 fully saturated rings. The first-order chi connectivity index (χ1) is 10.6. The summed E-state index contributed by atoms with van der Waals surface area (Å²) in [5.41, 5.74) is 0. The molecule has 1 aliphatic heterocycles. The van der Waals surface area contributed by atoms with Crippen LogP contribution in [0.2, 0.25) is 0 Å². The fourth-order valence-corrected chi connectivity index (χ4v) is 2.28. The van der Waals surface area contributed by atoms with Gasteiger partial charge in [-0.1, -0.05) is 6.92 Å². The molecule has 1 atom stereocenters. The van der Waals surface area contributed by atoms with Gasteiger partial charge in [-0.05, 0) is 38.5 Å². The van der Waals surface area contributed by atoms with Gasteiger partial charge in [-0.25, -0.2) is 4.99 Å². The van der Waals surface area contributed by atoms with Crippen LogP contribution in [0.5, 0.6) is 0 Å². The zero-order valence-corrected chi connectivity index (χ0v) is 17.1. The first kappa shape index (κ1) is 22.4. The summed E-state index contributed by atoms with van der Waals surface area (Å²) in [5.74, 6) is 0.731. The van der Waals surface area contributed by atoms with Crippen LogP contribution in [0.15, 0.2) is 4.99 Å². The molecule has 1 amide bonds. The average molecular weight is 440 g/mol. The van der Waals surface area contributed by atoms with Crippen LogP contribution in [0, 0.1) is 0 Å². The van der Waals surface area contributed by atoms with E-state index in [0.717, 1.165) is 44.9 Å². The number of halogens is 1. The second-order valence-corrected chi connectivity index (χ2v) is 5.94. The molecule has 0 aromatic carbocycles. The van der Waals surface area contributed by atoms with Crippen LogP contribution < -0.4 is 10.6 Å². The Kier molecular flexibility index (Phi) is 13.5. The first-order valence-corrected chi connectivity index (χ1v) is 8.47. The van der Waals surface area contributed by atoms with Gasteiger partial charge in [0.05, 0.1) is 6.10 Å². The van der Waals surface area contributed by atoms with Gasteiger partial charge in [-0.15, -0.1) is 24.0 Å². The maximum absolute atomic E-state index is 11.6. The zero-order valence-electron chi connectivity index (χ0n) is 14.8. The highest BCUT2D eigenvalue weighted by Crippen LogP contribution is 2.16. The Morgan fingerprint density at radius 1 is 1.26 bits per heavy atom. The minimum Gasteiger partial charge on any atom is -0.378 e. The molecule has 0 radical (unpaired) electrons. The SMILES string of the molecule is CCCNC(=NCC(=O)N(C)C)NCCCC1CCCCO1.I. The van der Waals surface area contributed by atoms with E-state index in [2.05, 4.69) is 22.5 Å². The monoisotopic (exact) mass is 440 g/mol. The Bertz CT molecular complexity index is 345. The van der Waals surface area contributed by atoms with Gasteiger partial charge >= 0.3 is 0 Å². The van der Waals surface area contributed by atoms with Crippen LogP contribution in [0.1, 0.15) is 45.4 Å². The zero-order chi connectivity index (χ0) is 16.2. The van der Waals surface area contributed by atoms with Crippen LogP contribution >= 0.6 is 24.0 Å². The molecule has 0 spiro atoms. The third-order valence-electron chi connectivity index (χ3n) is 3.68. The smallest absolute Gasteiger partial charge is 0.243 e. The van der Waals surface area contributed by atoms with Crippen molar-refractivity contribution in [1.29, 1.82) is 0 Å². The summed E-state index contributed by atoms with van der Waals surface area (Å²) in [5, 5.41) is 6.54. The van der Waals surface area contributed by atoms with Crippen molar-refractivity contribution in [2.75, 3.05) is 40.3 Å². The third kappa shape index (κ3) is 10.8. The van der Waals surface area contributed by atoms with Gasteiger partial charge in [0.2, 0.25) is 5.91 Å². The molecule has 0 aromatic heterocycles. The summed E-state index contributed by atoms with van der Waals surface area (Å²) in [7, 11) is 3.49. The molecule has 0 saturated carbocycles. The van der Waals surface area contributed by atoms with E-state index < -0.39 is 0 Å². The second-order valence-electron chi connectivity index (χ2n) is 5.94. The molecular formula is C16H33IN4O2. The van der Waals surface area contributed by atoms with Gasteiger partial charge in [0, 0.05) is 33.8 Å². The highest BCUT2D eigenvalue weighted by Gasteiger charge is 2.13. The van der Waals surface area contributed by atoms with E-state index in [1.54, 1.807) is 19.0 Å². The van der Waals surface area contributed by atoms with Gasteiger partial charge in [0.25, 0.3) is 0 Å². The van der Waals surface area contributed by atoms with Crippen LogP contribution in [0.25, 0.3) is 0 Å². The Hall–Kier alpha value is -0.570. The minimum absolute atomic E-state index is 0. The first-order valence-electron chi connectivity index (χ1n) is 8.47. The number of hydrogen-bond acceptors (Lipinski definition) is 3. The highest BCUT2D eigenvalue weighted by molar-refractivity contribution is 14.0. The number of rotatable bonds is 8. The normalized spacial score (nSPS) is 18.0. The molecule has 6 nitrogen and oxygen atoms in total.